The van der Waals surface area contributed by atoms with Gasteiger partial charge in [-0.05, 0) is 42.3 Å². The van der Waals surface area contributed by atoms with Crippen LogP contribution in [-0.2, 0) is 6.42 Å². The quantitative estimate of drug-likeness (QED) is 0.776. The molecular formula is C18H17ClN2. The molecule has 1 aromatic heterocycles. The molecule has 1 unspecified atom stereocenters. The summed E-state index contributed by atoms with van der Waals surface area (Å²) < 4.78 is 0. The van der Waals surface area contributed by atoms with Crippen LogP contribution in [-0.4, -0.2) is 4.98 Å². The highest BCUT2D eigenvalue weighted by Gasteiger charge is 2.10. The molecule has 3 aromatic rings. The first-order valence-corrected chi connectivity index (χ1v) is 7.37. The number of fused-ring (bicyclic) bond motifs is 1. The Kier molecular flexibility index (Phi) is 3.91. The number of aryl methyl sites for hydroxylation is 1. The van der Waals surface area contributed by atoms with Gasteiger partial charge in [-0.25, -0.2) is 0 Å². The van der Waals surface area contributed by atoms with E-state index in [1.165, 1.54) is 0 Å². The van der Waals surface area contributed by atoms with E-state index in [-0.39, 0.29) is 6.04 Å². The van der Waals surface area contributed by atoms with E-state index in [9.17, 15) is 0 Å². The van der Waals surface area contributed by atoms with Crippen molar-refractivity contribution in [1.29, 1.82) is 0 Å². The van der Waals surface area contributed by atoms with Crippen LogP contribution in [0.25, 0.3) is 10.9 Å². The SMILES string of the molecule is Cc1cc(Cl)cc(C(N)Cc2ccc3ccccc3n2)c1. The molecule has 0 saturated carbocycles. The second-order valence-electron chi connectivity index (χ2n) is 5.37. The third-order valence-corrected chi connectivity index (χ3v) is 3.80. The van der Waals surface area contributed by atoms with Crippen molar-refractivity contribution < 1.29 is 0 Å². The van der Waals surface area contributed by atoms with Crippen molar-refractivity contribution in [1.82, 2.24) is 4.98 Å². The van der Waals surface area contributed by atoms with E-state index in [2.05, 4.69) is 23.2 Å². The molecule has 0 bridgehead atoms. The largest absolute Gasteiger partial charge is 0.324 e. The standard InChI is InChI=1S/C18H17ClN2/c1-12-8-14(10-15(19)9-12)17(20)11-16-7-6-13-4-2-3-5-18(13)21-16/h2-10,17H,11,20H2,1H3. The first kappa shape index (κ1) is 14.1. The molecular weight excluding hydrogens is 280 g/mol. The highest BCUT2D eigenvalue weighted by atomic mass is 35.5. The number of halogens is 1. The highest BCUT2D eigenvalue weighted by molar-refractivity contribution is 6.30. The predicted octanol–water partition coefficient (Wildman–Crippen LogP) is 4.44. The molecule has 0 spiro atoms. The molecule has 21 heavy (non-hydrogen) atoms. The smallest absolute Gasteiger partial charge is 0.0705 e. The number of pyridine rings is 1. The van der Waals surface area contributed by atoms with E-state index in [0.29, 0.717) is 6.42 Å². The zero-order chi connectivity index (χ0) is 14.8. The van der Waals surface area contributed by atoms with Crippen LogP contribution in [0.2, 0.25) is 5.02 Å². The van der Waals surface area contributed by atoms with Crippen LogP contribution >= 0.6 is 11.6 Å². The Labute approximate surface area is 129 Å². The van der Waals surface area contributed by atoms with Gasteiger partial charge in [-0.2, -0.15) is 0 Å². The first-order chi connectivity index (χ1) is 10.1. The number of rotatable bonds is 3. The van der Waals surface area contributed by atoms with Gasteiger partial charge in [0.05, 0.1) is 5.52 Å². The minimum Gasteiger partial charge on any atom is -0.324 e. The fraction of sp³-hybridized carbons (Fsp3) is 0.167. The van der Waals surface area contributed by atoms with Crippen LogP contribution in [0.4, 0.5) is 0 Å². The predicted molar refractivity (Wildman–Crippen MR) is 88.6 cm³/mol. The number of benzene rings is 2. The molecule has 0 aliphatic heterocycles. The molecule has 106 valence electrons. The number of aromatic nitrogens is 1. The van der Waals surface area contributed by atoms with Gasteiger partial charge in [0.1, 0.15) is 0 Å². The summed E-state index contributed by atoms with van der Waals surface area (Å²) in [6, 6.07) is 18.1. The zero-order valence-corrected chi connectivity index (χ0v) is 12.6. The van der Waals surface area contributed by atoms with Crippen molar-refractivity contribution >= 4 is 22.5 Å². The molecule has 2 nitrogen and oxygen atoms in total. The lowest BCUT2D eigenvalue weighted by molar-refractivity contribution is 0.708. The Hall–Kier alpha value is -1.90. The third kappa shape index (κ3) is 3.23. The summed E-state index contributed by atoms with van der Waals surface area (Å²) in [5, 5.41) is 1.88. The van der Waals surface area contributed by atoms with E-state index < -0.39 is 0 Å². The average Bonchev–Trinajstić information content (AvgIpc) is 2.46. The summed E-state index contributed by atoms with van der Waals surface area (Å²) in [5.41, 5.74) is 10.5. The minimum atomic E-state index is -0.101. The van der Waals surface area contributed by atoms with Crippen molar-refractivity contribution in [2.24, 2.45) is 5.73 Å². The van der Waals surface area contributed by atoms with Gasteiger partial charge in [-0.15, -0.1) is 0 Å². The maximum absolute atomic E-state index is 6.31. The van der Waals surface area contributed by atoms with Gasteiger partial charge < -0.3 is 5.73 Å². The number of hydrogen-bond acceptors (Lipinski definition) is 2. The summed E-state index contributed by atoms with van der Waals surface area (Å²) in [6.45, 7) is 2.02. The van der Waals surface area contributed by atoms with Gasteiger partial charge in [-0.1, -0.05) is 41.9 Å². The van der Waals surface area contributed by atoms with Crippen molar-refractivity contribution in [2.45, 2.75) is 19.4 Å². The lowest BCUT2D eigenvalue weighted by atomic mass is 10.0. The number of para-hydroxylation sites is 1. The molecule has 0 amide bonds. The normalized spacial score (nSPS) is 12.5. The molecule has 3 heteroatoms. The summed E-state index contributed by atoms with van der Waals surface area (Å²) >= 11 is 6.10. The molecule has 2 aromatic carbocycles. The van der Waals surface area contributed by atoms with Gasteiger partial charge >= 0.3 is 0 Å². The number of hydrogen-bond donors (Lipinski definition) is 1. The monoisotopic (exact) mass is 296 g/mol. The van der Waals surface area contributed by atoms with Crippen LogP contribution in [0.15, 0.2) is 54.6 Å². The zero-order valence-electron chi connectivity index (χ0n) is 11.9. The van der Waals surface area contributed by atoms with E-state index in [1.54, 1.807) is 0 Å². The molecule has 0 radical (unpaired) electrons. The summed E-state index contributed by atoms with van der Waals surface area (Å²) in [5.74, 6) is 0. The third-order valence-electron chi connectivity index (χ3n) is 3.58. The number of nitrogens with two attached hydrogens (primary N) is 1. The van der Waals surface area contributed by atoms with E-state index in [0.717, 1.165) is 32.7 Å². The van der Waals surface area contributed by atoms with E-state index in [1.807, 2.05) is 43.3 Å². The molecule has 0 fully saturated rings. The molecule has 0 saturated heterocycles. The topological polar surface area (TPSA) is 38.9 Å². The number of nitrogens with zero attached hydrogens (tertiary/aromatic N) is 1. The van der Waals surface area contributed by atoms with Crippen molar-refractivity contribution in [3.63, 3.8) is 0 Å². The van der Waals surface area contributed by atoms with E-state index in [4.69, 9.17) is 17.3 Å². The van der Waals surface area contributed by atoms with Crippen LogP contribution in [0.1, 0.15) is 22.9 Å². The van der Waals surface area contributed by atoms with Crippen LogP contribution in [0.5, 0.6) is 0 Å². The first-order valence-electron chi connectivity index (χ1n) is 6.99. The molecule has 2 N–H and O–H groups in total. The van der Waals surface area contributed by atoms with Crippen molar-refractivity contribution in [3.8, 4) is 0 Å². The molecule has 0 aliphatic carbocycles. The van der Waals surface area contributed by atoms with Gasteiger partial charge in [0.15, 0.2) is 0 Å². The fourth-order valence-electron chi connectivity index (χ4n) is 2.54. The Morgan fingerprint density at radius 3 is 2.71 bits per heavy atom. The maximum atomic E-state index is 6.31. The Bertz CT molecular complexity index is 763. The van der Waals surface area contributed by atoms with E-state index >= 15 is 0 Å². The van der Waals surface area contributed by atoms with Gasteiger partial charge in [0, 0.05) is 28.6 Å². The Morgan fingerprint density at radius 1 is 1.10 bits per heavy atom. The molecule has 3 rings (SSSR count). The molecule has 0 aliphatic rings. The van der Waals surface area contributed by atoms with Crippen molar-refractivity contribution in [2.75, 3.05) is 0 Å². The molecule has 1 heterocycles. The Morgan fingerprint density at radius 2 is 1.90 bits per heavy atom. The highest BCUT2D eigenvalue weighted by Crippen LogP contribution is 2.22. The molecule has 1 atom stereocenters. The van der Waals surface area contributed by atoms with Gasteiger partial charge in [-0.3, -0.25) is 4.98 Å². The van der Waals surface area contributed by atoms with Crippen LogP contribution in [0.3, 0.4) is 0 Å². The van der Waals surface area contributed by atoms with Gasteiger partial charge in [0.25, 0.3) is 0 Å². The van der Waals surface area contributed by atoms with Crippen LogP contribution in [0, 0.1) is 6.92 Å². The maximum Gasteiger partial charge on any atom is 0.0705 e. The Balaban J connectivity index is 1.86. The summed E-state index contributed by atoms with van der Waals surface area (Å²) in [4.78, 5) is 4.67. The summed E-state index contributed by atoms with van der Waals surface area (Å²) in [6.07, 6.45) is 0.699. The second-order valence-corrected chi connectivity index (χ2v) is 5.80. The fourth-order valence-corrected chi connectivity index (χ4v) is 2.84. The summed E-state index contributed by atoms with van der Waals surface area (Å²) in [7, 11) is 0. The lowest BCUT2D eigenvalue weighted by Crippen LogP contribution is -2.14. The van der Waals surface area contributed by atoms with Crippen LogP contribution < -0.4 is 5.73 Å². The second kappa shape index (κ2) is 5.84. The average molecular weight is 297 g/mol. The van der Waals surface area contributed by atoms with Crippen molar-refractivity contribution in [3.05, 3.63) is 76.4 Å². The lowest BCUT2D eigenvalue weighted by Gasteiger charge is -2.13. The minimum absolute atomic E-state index is 0.101. The van der Waals surface area contributed by atoms with Gasteiger partial charge in [0.2, 0.25) is 0 Å².